The molecule has 1 unspecified atom stereocenters. The minimum absolute atomic E-state index is 0.339. The van der Waals surface area contributed by atoms with Gasteiger partial charge in [-0.1, -0.05) is 23.2 Å². The van der Waals surface area contributed by atoms with E-state index in [0.29, 0.717) is 21.9 Å². The van der Waals surface area contributed by atoms with Crippen LogP contribution in [-0.2, 0) is 0 Å². The maximum atomic E-state index is 6.15. The number of halogens is 2. The van der Waals surface area contributed by atoms with Crippen LogP contribution in [0, 0.1) is 0 Å². The van der Waals surface area contributed by atoms with Gasteiger partial charge in [0.05, 0.1) is 10.0 Å². The van der Waals surface area contributed by atoms with E-state index in [0.717, 1.165) is 23.9 Å². The highest BCUT2D eigenvalue weighted by Gasteiger charge is 2.22. The topological polar surface area (TPSA) is 42.2 Å². The zero-order valence-corrected chi connectivity index (χ0v) is 11.2. The molecule has 3 nitrogen and oxygen atoms in total. The highest BCUT2D eigenvalue weighted by Crippen LogP contribution is 2.32. The normalized spacial score (nSPS) is 21.2. The lowest BCUT2D eigenvalue weighted by molar-refractivity contribution is 0.690. The van der Waals surface area contributed by atoms with Gasteiger partial charge in [-0.25, -0.2) is 4.98 Å². The van der Waals surface area contributed by atoms with Gasteiger partial charge in [0.1, 0.15) is 11.6 Å². The number of pyridine rings is 1. The quantitative estimate of drug-likeness (QED) is 0.857. The van der Waals surface area contributed by atoms with Gasteiger partial charge in [0.2, 0.25) is 0 Å². The Labute approximate surface area is 109 Å². The maximum absolute atomic E-state index is 6.15. The summed E-state index contributed by atoms with van der Waals surface area (Å²) in [7, 11) is 0. The first-order valence-corrected chi connectivity index (χ1v) is 6.96. The van der Waals surface area contributed by atoms with Gasteiger partial charge in [-0.3, -0.25) is 0 Å². The van der Waals surface area contributed by atoms with Gasteiger partial charge in [-0.15, -0.1) is 0 Å². The van der Waals surface area contributed by atoms with Gasteiger partial charge in [0, 0.05) is 24.1 Å². The summed E-state index contributed by atoms with van der Waals surface area (Å²) >= 11 is 14.0. The van der Waals surface area contributed by atoms with Gasteiger partial charge in [0.25, 0.3) is 0 Å². The fraction of sp³-hybridized carbons (Fsp3) is 0.500. The molecule has 16 heavy (non-hydrogen) atoms. The summed E-state index contributed by atoms with van der Waals surface area (Å²) in [5.41, 5.74) is 5.71. The van der Waals surface area contributed by atoms with Crippen LogP contribution in [0.5, 0.6) is 0 Å². The second kappa shape index (κ2) is 4.90. The number of rotatable bonds is 1. The molecule has 2 rings (SSSR count). The van der Waals surface area contributed by atoms with E-state index in [1.807, 2.05) is 11.8 Å². The lowest BCUT2D eigenvalue weighted by Gasteiger charge is -2.34. The Kier molecular flexibility index (Phi) is 3.72. The summed E-state index contributed by atoms with van der Waals surface area (Å²) in [5, 5.41) is 0.978. The Bertz CT molecular complexity index is 400. The molecule has 6 heteroatoms. The van der Waals surface area contributed by atoms with Gasteiger partial charge in [-0.05, 0) is 13.0 Å². The first-order valence-electron chi connectivity index (χ1n) is 5.05. The molecule has 1 atom stereocenters. The predicted molar refractivity (Wildman–Crippen MR) is 72.8 cm³/mol. The first-order chi connectivity index (χ1) is 7.59. The van der Waals surface area contributed by atoms with Crippen LogP contribution >= 0.6 is 35.0 Å². The molecule has 2 N–H and O–H groups in total. The monoisotopic (exact) mass is 277 g/mol. The molecule has 0 aliphatic carbocycles. The summed E-state index contributed by atoms with van der Waals surface area (Å²) in [6.07, 6.45) is 0. The van der Waals surface area contributed by atoms with E-state index in [4.69, 9.17) is 28.9 Å². The van der Waals surface area contributed by atoms with Crippen molar-refractivity contribution in [3.63, 3.8) is 0 Å². The molecule has 1 fully saturated rings. The van der Waals surface area contributed by atoms with Crippen molar-refractivity contribution in [1.82, 2.24) is 4.98 Å². The summed E-state index contributed by atoms with van der Waals surface area (Å²) in [6, 6.07) is 2.08. The highest BCUT2D eigenvalue weighted by atomic mass is 35.5. The Hall–Kier alpha value is -0.320. The number of hydrogen-bond donors (Lipinski definition) is 1. The van der Waals surface area contributed by atoms with Crippen LogP contribution in [-0.4, -0.2) is 29.1 Å². The largest absolute Gasteiger partial charge is 0.382 e. The van der Waals surface area contributed by atoms with Crippen LogP contribution in [0.4, 0.5) is 11.6 Å². The van der Waals surface area contributed by atoms with Crippen molar-refractivity contribution in [3.8, 4) is 0 Å². The summed E-state index contributed by atoms with van der Waals surface area (Å²) in [6.45, 7) is 3.11. The number of thioether (sulfide) groups is 1. The zero-order valence-electron chi connectivity index (χ0n) is 8.91. The van der Waals surface area contributed by atoms with Crippen molar-refractivity contribution in [2.45, 2.75) is 13.0 Å². The Balaban J connectivity index is 2.35. The summed E-state index contributed by atoms with van der Waals surface area (Å²) in [5.74, 6) is 3.26. The number of nitrogen functional groups attached to an aromatic ring is 1. The number of nitrogens with two attached hydrogens (primary N) is 1. The van der Waals surface area contributed by atoms with Crippen molar-refractivity contribution in [3.05, 3.63) is 16.1 Å². The van der Waals surface area contributed by atoms with Gasteiger partial charge in [0.15, 0.2) is 0 Å². The van der Waals surface area contributed by atoms with Gasteiger partial charge < -0.3 is 10.6 Å². The average Bonchev–Trinajstić information content (AvgIpc) is 2.25. The average molecular weight is 278 g/mol. The SMILES string of the molecule is CC1CSCCN1c1nc(N)c(Cl)cc1Cl. The molecule has 0 amide bonds. The minimum atomic E-state index is 0.339. The molecule has 1 aliphatic rings. The number of anilines is 2. The maximum Gasteiger partial charge on any atom is 0.150 e. The van der Waals surface area contributed by atoms with E-state index in [2.05, 4.69) is 16.8 Å². The van der Waals surface area contributed by atoms with E-state index in [-0.39, 0.29) is 0 Å². The van der Waals surface area contributed by atoms with E-state index in [9.17, 15) is 0 Å². The molecule has 0 spiro atoms. The van der Waals surface area contributed by atoms with E-state index < -0.39 is 0 Å². The van der Waals surface area contributed by atoms with Crippen LogP contribution in [0.1, 0.15) is 6.92 Å². The highest BCUT2D eigenvalue weighted by molar-refractivity contribution is 7.99. The molecule has 0 bridgehead atoms. The predicted octanol–water partition coefficient (Wildman–Crippen LogP) is 2.91. The molecule has 1 saturated heterocycles. The van der Waals surface area contributed by atoms with Crippen molar-refractivity contribution >= 4 is 46.6 Å². The summed E-state index contributed by atoms with van der Waals surface area (Å²) < 4.78 is 0. The van der Waals surface area contributed by atoms with Crippen LogP contribution in [0.3, 0.4) is 0 Å². The van der Waals surface area contributed by atoms with E-state index in [1.165, 1.54) is 0 Å². The third-order valence-electron chi connectivity index (χ3n) is 2.58. The molecular formula is C10H13Cl2N3S. The van der Waals surface area contributed by atoms with Crippen molar-refractivity contribution in [2.75, 3.05) is 28.7 Å². The van der Waals surface area contributed by atoms with Gasteiger partial charge >= 0.3 is 0 Å². The molecule has 0 saturated carbocycles. The smallest absolute Gasteiger partial charge is 0.150 e. The third kappa shape index (κ3) is 2.34. The number of hydrogen-bond acceptors (Lipinski definition) is 4. The fourth-order valence-electron chi connectivity index (χ4n) is 1.71. The molecule has 88 valence electrons. The van der Waals surface area contributed by atoms with Crippen LogP contribution in [0.2, 0.25) is 10.0 Å². The molecule has 1 aromatic rings. The number of aromatic nitrogens is 1. The number of nitrogens with zero attached hydrogens (tertiary/aromatic N) is 2. The lowest BCUT2D eigenvalue weighted by atomic mass is 10.3. The second-order valence-electron chi connectivity index (χ2n) is 3.78. The third-order valence-corrected chi connectivity index (χ3v) is 4.35. The molecule has 0 aromatic carbocycles. The molecule has 1 aromatic heterocycles. The van der Waals surface area contributed by atoms with E-state index >= 15 is 0 Å². The zero-order chi connectivity index (χ0) is 11.7. The van der Waals surface area contributed by atoms with Crippen LogP contribution in [0.15, 0.2) is 6.07 Å². The standard InChI is InChI=1S/C10H13Cl2N3S/c1-6-5-16-3-2-15(6)10-8(12)4-7(11)9(13)14-10/h4,6H,2-3,5H2,1H3,(H2,13,14). The minimum Gasteiger partial charge on any atom is -0.382 e. The Morgan fingerprint density at radius 3 is 2.94 bits per heavy atom. The summed E-state index contributed by atoms with van der Waals surface area (Å²) in [4.78, 5) is 6.46. The van der Waals surface area contributed by atoms with Crippen LogP contribution in [0.25, 0.3) is 0 Å². The fourth-order valence-corrected chi connectivity index (χ4v) is 3.19. The molecule has 2 heterocycles. The second-order valence-corrected chi connectivity index (χ2v) is 5.74. The van der Waals surface area contributed by atoms with Crippen molar-refractivity contribution in [2.24, 2.45) is 0 Å². The molecule has 1 aliphatic heterocycles. The Morgan fingerprint density at radius 1 is 1.50 bits per heavy atom. The molecule has 0 radical (unpaired) electrons. The molecular weight excluding hydrogens is 265 g/mol. The van der Waals surface area contributed by atoms with E-state index in [1.54, 1.807) is 6.07 Å². The van der Waals surface area contributed by atoms with Crippen LogP contribution < -0.4 is 10.6 Å². The van der Waals surface area contributed by atoms with Gasteiger partial charge in [-0.2, -0.15) is 11.8 Å². The first kappa shape index (κ1) is 12.1. The lowest BCUT2D eigenvalue weighted by Crippen LogP contribution is -2.41. The Morgan fingerprint density at radius 2 is 2.25 bits per heavy atom. The van der Waals surface area contributed by atoms with Crippen molar-refractivity contribution in [1.29, 1.82) is 0 Å². The van der Waals surface area contributed by atoms with Crippen molar-refractivity contribution < 1.29 is 0 Å².